The second-order valence-corrected chi connectivity index (χ2v) is 8.54. The van der Waals surface area contributed by atoms with Crippen molar-refractivity contribution in [2.75, 3.05) is 11.0 Å². The molecule has 1 N–H and O–H groups in total. The second-order valence-electron chi connectivity index (χ2n) is 7.85. The first-order valence-corrected chi connectivity index (χ1v) is 12.4. The van der Waals surface area contributed by atoms with Crippen molar-refractivity contribution in [2.24, 2.45) is 4.40 Å². The van der Waals surface area contributed by atoms with Gasteiger partial charge in [-0.25, -0.2) is 0 Å². The molecule has 1 aliphatic heterocycles. The fraction of sp³-hybridized carbons (Fsp3) is 0.500. The number of benzene rings is 2. The topological polar surface area (TPSA) is 39.1 Å². The van der Waals surface area contributed by atoms with Crippen LogP contribution >= 0.6 is 12.1 Å². The summed E-state index contributed by atoms with van der Waals surface area (Å²) >= 11 is 1.11. The molecule has 2 aromatic rings. The number of likely N-dealkylation sites (tertiary alicyclic amines) is 1. The van der Waals surface area contributed by atoms with Gasteiger partial charge < -0.3 is 4.90 Å². The van der Waals surface area contributed by atoms with Crippen LogP contribution in [0, 0.1) is 20.8 Å². The minimum atomic E-state index is 0.304. The van der Waals surface area contributed by atoms with Gasteiger partial charge in [-0.15, -0.1) is 0 Å². The summed E-state index contributed by atoms with van der Waals surface area (Å²) in [6.07, 6.45) is 4.97. The quantitative estimate of drug-likeness (QED) is 0.231. The highest BCUT2D eigenvalue weighted by molar-refractivity contribution is 7.99. The zero-order valence-electron chi connectivity index (χ0n) is 20.3. The number of aryl methyl sites for hydroxylation is 3. The molecule has 4 nitrogen and oxygen atoms in total. The molecule has 1 spiro atoms. The van der Waals surface area contributed by atoms with Gasteiger partial charge in [-0.3, -0.25) is 5.21 Å². The van der Waals surface area contributed by atoms with Crippen LogP contribution in [0.25, 0.3) is 0 Å². The van der Waals surface area contributed by atoms with Gasteiger partial charge in [0.1, 0.15) is 18.0 Å². The first kappa shape index (κ1) is 25.3. The van der Waals surface area contributed by atoms with Crippen molar-refractivity contribution >= 4 is 23.7 Å². The Labute approximate surface area is 193 Å². The SMILES string of the molecule is CC.CC.Cc1ccc(N(O)S/N=C(/c2c(C)cccc2C)N2CCCC23CC3)cc1. The summed E-state index contributed by atoms with van der Waals surface area (Å²) in [5.74, 6) is 1.01. The third-order valence-corrected chi connectivity index (χ3v) is 6.46. The van der Waals surface area contributed by atoms with Crippen LogP contribution in [-0.2, 0) is 0 Å². The third-order valence-electron chi connectivity index (χ3n) is 5.84. The molecule has 1 aliphatic carbocycles. The number of amidine groups is 1. The van der Waals surface area contributed by atoms with Crippen LogP contribution in [0.2, 0.25) is 0 Å². The summed E-state index contributed by atoms with van der Waals surface area (Å²) in [5.41, 5.74) is 5.88. The highest BCUT2D eigenvalue weighted by Crippen LogP contribution is 2.50. The Balaban J connectivity index is 0.000000807. The average molecular weight is 442 g/mol. The maximum Gasteiger partial charge on any atom is 0.147 e. The first-order valence-electron chi connectivity index (χ1n) is 11.7. The Morgan fingerprint density at radius 1 is 0.935 bits per heavy atom. The Hall–Kier alpha value is -1.98. The van der Waals surface area contributed by atoms with Gasteiger partial charge in [0.15, 0.2) is 0 Å². The molecule has 0 unspecified atom stereocenters. The van der Waals surface area contributed by atoms with Gasteiger partial charge in [-0.05, 0) is 69.7 Å². The van der Waals surface area contributed by atoms with E-state index in [2.05, 4.69) is 36.9 Å². The van der Waals surface area contributed by atoms with Gasteiger partial charge in [0.05, 0.1) is 5.69 Å². The van der Waals surface area contributed by atoms with Crippen LogP contribution in [0.15, 0.2) is 46.9 Å². The number of nitrogens with zero attached hydrogens (tertiary/aromatic N) is 3. The molecule has 0 amide bonds. The molecule has 0 atom stereocenters. The van der Waals surface area contributed by atoms with Gasteiger partial charge in [0, 0.05) is 17.6 Å². The molecule has 2 aromatic carbocycles. The molecule has 170 valence electrons. The lowest BCUT2D eigenvalue weighted by atomic mass is 10.0. The van der Waals surface area contributed by atoms with Gasteiger partial charge in [0.25, 0.3) is 0 Å². The van der Waals surface area contributed by atoms with E-state index in [1.165, 1.54) is 47.9 Å². The van der Waals surface area contributed by atoms with Crippen LogP contribution in [0.3, 0.4) is 0 Å². The van der Waals surface area contributed by atoms with Crippen LogP contribution in [0.1, 0.15) is 75.6 Å². The van der Waals surface area contributed by atoms with Crippen molar-refractivity contribution in [1.29, 1.82) is 0 Å². The molecule has 1 heterocycles. The molecule has 31 heavy (non-hydrogen) atoms. The third kappa shape index (κ3) is 5.83. The highest BCUT2D eigenvalue weighted by atomic mass is 32.2. The molecule has 1 saturated carbocycles. The van der Waals surface area contributed by atoms with E-state index in [4.69, 9.17) is 4.40 Å². The van der Waals surface area contributed by atoms with E-state index in [-0.39, 0.29) is 0 Å². The van der Waals surface area contributed by atoms with Gasteiger partial charge in [-0.2, -0.15) is 8.87 Å². The Morgan fingerprint density at radius 3 is 2.06 bits per heavy atom. The minimum absolute atomic E-state index is 0.304. The van der Waals surface area contributed by atoms with Crippen molar-refractivity contribution in [3.8, 4) is 0 Å². The second kappa shape index (κ2) is 11.6. The largest absolute Gasteiger partial charge is 0.350 e. The maximum absolute atomic E-state index is 10.5. The Morgan fingerprint density at radius 2 is 1.52 bits per heavy atom. The molecule has 1 saturated heterocycles. The summed E-state index contributed by atoms with van der Waals surface area (Å²) in [7, 11) is 0. The van der Waals surface area contributed by atoms with Gasteiger partial charge >= 0.3 is 0 Å². The fourth-order valence-electron chi connectivity index (χ4n) is 4.13. The number of anilines is 1. The standard InChI is InChI=1S/C22H27N3OS.2C2H6/c1-16-8-10-19(11-9-16)25(26)27-23-21(20-17(2)6-4-7-18(20)3)24-15-5-12-22(24)13-14-22;2*1-2/h4,6-11,26H,5,12-15H2,1-3H3;2*1-2H3/b23-21-;;. The lowest BCUT2D eigenvalue weighted by molar-refractivity contribution is 0.332. The Bertz CT molecular complexity index is 839. The molecule has 2 fully saturated rings. The normalized spacial score (nSPS) is 16.3. The molecular formula is C26H39N3OS. The van der Waals surface area contributed by atoms with Crippen LogP contribution in [0.5, 0.6) is 0 Å². The van der Waals surface area contributed by atoms with E-state index in [0.717, 1.165) is 34.7 Å². The first-order chi connectivity index (χ1) is 15.0. The molecule has 4 rings (SSSR count). The van der Waals surface area contributed by atoms with Crippen LogP contribution in [-0.4, -0.2) is 28.0 Å². The fourth-order valence-corrected chi connectivity index (χ4v) is 4.69. The lowest BCUT2D eigenvalue weighted by Crippen LogP contribution is -2.38. The predicted molar refractivity (Wildman–Crippen MR) is 136 cm³/mol. The van der Waals surface area contributed by atoms with E-state index in [1.54, 1.807) is 0 Å². The molecule has 0 radical (unpaired) electrons. The van der Waals surface area contributed by atoms with Crippen molar-refractivity contribution in [1.82, 2.24) is 4.90 Å². The predicted octanol–water partition coefficient (Wildman–Crippen LogP) is 7.50. The highest BCUT2D eigenvalue weighted by Gasteiger charge is 2.52. The van der Waals surface area contributed by atoms with Crippen molar-refractivity contribution < 1.29 is 5.21 Å². The molecule has 0 bridgehead atoms. The average Bonchev–Trinajstić information content (AvgIpc) is 3.45. The van der Waals surface area contributed by atoms with Crippen LogP contribution in [0.4, 0.5) is 5.69 Å². The zero-order valence-corrected chi connectivity index (χ0v) is 21.1. The zero-order chi connectivity index (χ0) is 23.0. The summed E-state index contributed by atoms with van der Waals surface area (Å²) in [5, 5.41) is 10.5. The lowest BCUT2D eigenvalue weighted by Gasteiger charge is -2.30. The van der Waals surface area contributed by atoms with Crippen molar-refractivity contribution in [3.63, 3.8) is 0 Å². The molecular weight excluding hydrogens is 402 g/mol. The van der Waals surface area contributed by atoms with Crippen LogP contribution < -0.4 is 4.47 Å². The minimum Gasteiger partial charge on any atom is -0.350 e. The van der Waals surface area contributed by atoms with Gasteiger partial charge in [-0.1, -0.05) is 63.6 Å². The van der Waals surface area contributed by atoms with Crippen molar-refractivity contribution in [3.05, 3.63) is 64.7 Å². The van der Waals surface area contributed by atoms with E-state index in [9.17, 15) is 5.21 Å². The summed E-state index contributed by atoms with van der Waals surface area (Å²) in [6, 6.07) is 14.2. The Kier molecular flexibility index (Phi) is 9.45. The smallest absolute Gasteiger partial charge is 0.147 e. The van der Waals surface area contributed by atoms with Gasteiger partial charge in [0.2, 0.25) is 0 Å². The maximum atomic E-state index is 10.5. The number of hydrogen-bond acceptors (Lipinski definition) is 4. The molecule has 5 heteroatoms. The number of hydrogen-bond donors (Lipinski definition) is 1. The summed E-state index contributed by atoms with van der Waals surface area (Å²) in [6.45, 7) is 15.4. The monoisotopic (exact) mass is 441 g/mol. The number of rotatable bonds is 4. The van der Waals surface area contributed by atoms with Crippen molar-refractivity contribution in [2.45, 2.75) is 79.7 Å². The molecule has 0 aromatic heterocycles. The van der Waals surface area contributed by atoms with E-state index < -0.39 is 0 Å². The summed E-state index contributed by atoms with van der Waals surface area (Å²) < 4.78 is 6.02. The molecule has 2 aliphatic rings. The van der Waals surface area contributed by atoms with E-state index in [1.807, 2.05) is 58.9 Å². The van der Waals surface area contributed by atoms with E-state index >= 15 is 0 Å². The van der Waals surface area contributed by atoms with E-state index in [0.29, 0.717) is 5.54 Å². The summed E-state index contributed by atoms with van der Waals surface area (Å²) in [4.78, 5) is 2.50.